The van der Waals surface area contributed by atoms with E-state index in [-0.39, 0.29) is 13.0 Å². The summed E-state index contributed by atoms with van der Waals surface area (Å²) in [7, 11) is 0. The zero-order valence-electron chi connectivity index (χ0n) is 6.74. The van der Waals surface area contributed by atoms with Crippen LogP contribution in [0.5, 0.6) is 0 Å². The smallest absolute Gasteiger partial charge is 0.251 e. The number of alkyl halides is 2. The van der Waals surface area contributed by atoms with Gasteiger partial charge < -0.3 is 5.11 Å². The van der Waals surface area contributed by atoms with Crippen LogP contribution in [-0.4, -0.2) is 17.6 Å². The van der Waals surface area contributed by atoms with Crippen molar-refractivity contribution >= 4 is 0 Å². The van der Waals surface area contributed by atoms with Gasteiger partial charge in [-0.15, -0.1) is 0 Å². The number of halogens is 2. The molecule has 1 saturated carbocycles. The summed E-state index contributed by atoms with van der Waals surface area (Å²) >= 11 is 0. The lowest BCUT2D eigenvalue weighted by atomic mass is 9.63. The van der Waals surface area contributed by atoms with E-state index in [4.69, 9.17) is 5.11 Å². The van der Waals surface area contributed by atoms with E-state index in [9.17, 15) is 8.78 Å². The Labute approximate surface area is 65.4 Å². The van der Waals surface area contributed by atoms with Gasteiger partial charge in [-0.2, -0.15) is 0 Å². The van der Waals surface area contributed by atoms with Crippen LogP contribution in [0.25, 0.3) is 0 Å². The maximum Gasteiger partial charge on any atom is 0.251 e. The zero-order chi connectivity index (χ0) is 8.54. The quantitative estimate of drug-likeness (QED) is 0.678. The summed E-state index contributed by atoms with van der Waals surface area (Å²) in [6, 6.07) is 0. The minimum atomic E-state index is -2.62. The average Bonchev–Trinajstić information content (AvgIpc) is 1.75. The molecule has 0 amide bonds. The summed E-state index contributed by atoms with van der Waals surface area (Å²) in [4.78, 5) is 0. The van der Waals surface area contributed by atoms with Crippen LogP contribution in [0.3, 0.4) is 0 Å². The predicted octanol–water partition coefficient (Wildman–Crippen LogP) is 2.19. The highest BCUT2D eigenvalue weighted by molar-refractivity contribution is 4.96. The third-order valence-electron chi connectivity index (χ3n) is 2.83. The van der Waals surface area contributed by atoms with E-state index >= 15 is 0 Å². The van der Waals surface area contributed by atoms with E-state index in [1.807, 2.05) is 0 Å². The van der Waals surface area contributed by atoms with Crippen molar-refractivity contribution in [3.63, 3.8) is 0 Å². The molecule has 0 aromatic carbocycles. The zero-order valence-corrected chi connectivity index (χ0v) is 6.74. The fraction of sp³-hybridized carbons (Fsp3) is 1.00. The van der Waals surface area contributed by atoms with Crippen molar-refractivity contribution < 1.29 is 13.9 Å². The first-order valence-electron chi connectivity index (χ1n) is 4.00. The van der Waals surface area contributed by atoms with Crippen LogP contribution in [-0.2, 0) is 0 Å². The minimum Gasteiger partial charge on any atom is -0.396 e. The molecule has 0 radical (unpaired) electrons. The largest absolute Gasteiger partial charge is 0.396 e. The Hall–Kier alpha value is -0.180. The molecule has 0 bridgehead atoms. The van der Waals surface area contributed by atoms with Crippen LogP contribution in [0.1, 0.15) is 32.6 Å². The van der Waals surface area contributed by atoms with Crippen molar-refractivity contribution in [3.05, 3.63) is 0 Å². The lowest BCUT2D eigenvalue weighted by molar-refractivity contribution is -0.156. The van der Waals surface area contributed by atoms with Gasteiger partial charge in [0.15, 0.2) is 0 Å². The monoisotopic (exact) mass is 164 g/mol. The molecule has 0 heterocycles. The van der Waals surface area contributed by atoms with E-state index in [2.05, 4.69) is 0 Å². The van der Waals surface area contributed by atoms with Crippen molar-refractivity contribution in [2.24, 2.45) is 5.41 Å². The fourth-order valence-corrected chi connectivity index (χ4v) is 1.73. The van der Waals surface area contributed by atoms with E-state index in [1.165, 1.54) is 0 Å². The molecular weight excluding hydrogens is 150 g/mol. The van der Waals surface area contributed by atoms with Gasteiger partial charge in [-0.25, -0.2) is 8.78 Å². The lowest BCUT2D eigenvalue weighted by Gasteiger charge is -2.45. The summed E-state index contributed by atoms with van der Waals surface area (Å²) in [5.74, 6) is -2.62. The molecule has 0 unspecified atom stereocenters. The van der Waals surface area contributed by atoms with Crippen molar-refractivity contribution in [3.8, 4) is 0 Å². The highest BCUT2D eigenvalue weighted by Crippen LogP contribution is 2.54. The Balaban J connectivity index is 2.60. The molecular formula is C8H14F2O. The summed E-state index contributed by atoms with van der Waals surface area (Å²) in [5.41, 5.74) is -0.873. The second kappa shape index (κ2) is 2.70. The number of hydrogen-bond acceptors (Lipinski definition) is 1. The standard InChI is InChI=1S/C8H14F2O/c1-7(9,10)8(5-6-11)3-2-4-8/h11H,2-6H2,1H3. The first-order chi connectivity index (χ1) is 5.02. The van der Waals surface area contributed by atoms with E-state index in [0.717, 1.165) is 13.3 Å². The third kappa shape index (κ3) is 1.39. The summed E-state index contributed by atoms with van der Waals surface area (Å²) in [6.45, 7) is 0.839. The average molecular weight is 164 g/mol. The van der Waals surface area contributed by atoms with Crippen LogP contribution in [0.15, 0.2) is 0 Å². The van der Waals surface area contributed by atoms with E-state index < -0.39 is 11.3 Å². The third-order valence-corrected chi connectivity index (χ3v) is 2.83. The molecule has 1 rings (SSSR count). The molecule has 0 aromatic heterocycles. The van der Waals surface area contributed by atoms with Gasteiger partial charge in [0.1, 0.15) is 0 Å². The molecule has 0 spiro atoms. The molecule has 66 valence electrons. The molecule has 1 aliphatic carbocycles. The molecule has 0 aromatic rings. The fourth-order valence-electron chi connectivity index (χ4n) is 1.73. The molecule has 1 nitrogen and oxygen atoms in total. The molecule has 0 saturated heterocycles. The van der Waals surface area contributed by atoms with Crippen molar-refractivity contribution in [2.75, 3.05) is 6.61 Å². The predicted molar refractivity (Wildman–Crippen MR) is 38.6 cm³/mol. The Kier molecular flexibility index (Phi) is 2.19. The van der Waals surface area contributed by atoms with Crippen molar-refractivity contribution in [1.82, 2.24) is 0 Å². The molecule has 1 fully saturated rings. The van der Waals surface area contributed by atoms with Gasteiger partial charge in [0.05, 0.1) is 0 Å². The molecule has 11 heavy (non-hydrogen) atoms. The number of hydrogen-bond donors (Lipinski definition) is 1. The highest BCUT2D eigenvalue weighted by atomic mass is 19.3. The Morgan fingerprint density at radius 3 is 2.09 bits per heavy atom. The van der Waals surface area contributed by atoms with Gasteiger partial charge >= 0.3 is 0 Å². The van der Waals surface area contributed by atoms with Gasteiger partial charge in [-0.1, -0.05) is 6.42 Å². The first kappa shape index (κ1) is 8.91. The highest BCUT2D eigenvalue weighted by Gasteiger charge is 2.52. The van der Waals surface area contributed by atoms with Gasteiger partial charge in [0.25, 0.3) is 5.92 Å². The first-order valence-corrected chi connectivity index (χ1v) is 4.00. The van der Waals surface area contributed by atoms with E-state index in [1.54, 1.807) is 0 Å². The lowest BCUT2D eigenvalue weighted by Crippen LogP contribution is -2.45. The number of aliphatic hydroxyl groups excluding tert-OH is 1. The number of aliphatic hydroxyl groups is 1. The van der Waals surface area contributed by atoms with Gasteiger partial charge in [0, 0.05) is 12.0 Å². The summed E-state index contributed by atoms with van der Waals surface area (Å²) in [6.07, 6.45) is 2.26. The van der Waals surface area contributed by atoms with Crippen molar-refractivity contribution in [1.29, 1.82) is 0 Å². The molecule has 3 heteroatoms. The van der Waals surface area contributed by atoms with Crippen LogP contribution in [0.2, 0.25) is 0 Å². The van der Waals surface area contributed by atoms with E-state index in [0.29, 0.717) is 12.8 Å². The Morgan fingerprint density at radius 2 is 2.00 bits per heavy atom. The SMILES string of the molecule is CC(F)(F)C1(CCO)CCC1. The van der Waals surface area contributed by atoms with Gasteiger partial charge in [-0.05, 0) is 26.2 Å². The molecule has 1 N–H and O–H groups in total. The molecule has 1 aliphatic rings. The maximum absolute atomic E-state index is 12.9. The van der Waals surface area contributed by atoms with Gasteiger partial charge in [-0.3, -0.25) is 0 Å². The summed E-state index contributed by atoms with van der Waals surface area (Å²) < 4.78 is 25.8. The number of rotatable bonds is 3. The second-order valence-corrected chi connectivity index (χ2v) is 3.50. The minimum absolute atomic E-state index is 0.122. The maximum atomic E-state index is 12.9. The topological polar surface area (TPSA) is 20.2 Å². The molecule has 0 aliphatic heterocycles. The normalized spacial score (nSPS) is 22.9. The Morgan fingerprint density at radius 1 is 1.45 bits per heavy atom. The molecule has 0 atom stereocenters. The van der Waals surface area contributed by atoms with Crippen LogP contribution in [0, 0.1) is 5.41 Å². The van der Waals surface area contributed by atoms with Gasteiger partial charge in [0.2, 0.25) is 0 Å². The van der Waals surface area contributed by atoms with Crippen LogP contribution < -0.4 is 0 Å². The van der Waals surface area contributed by atoms with Crippen LogP contribution >= 0.6 is 0 Å². The summed E-state index contributed by atoms with van der Waals surface area (Å²) in [5, 5.41) is 8.60. The second-order valence-electron chi connectivity index (χ2n) is 3.50. The van der Waals surface area contributed by atoms with Crippen molar-refractivity contribution in [2.45, 2.75) is 38.5 Å². The Bertz CT molecular complexity index is 136. The van der Waals surface area contributed by atoms with Crippen LogP contribution in [0.4, 0.5) is 8.78 Å².